The van der Waals surface area contributed by atoms with Crippen LogP contribution in [0.5, 0.6) is 5.75 Å². The molecule has 2 aliphatic heterocycles. The monoisotopic (exact) mass is 607 g/mol. The smallest absolute Gasteiger partial charge is 0.341 e. The average molecular weight is 609 g/mol. The lowest BCUT2D eigenvalue weighted by molar-refractivity contribution is -0.154. The topological polar surface area (TPSA) is 193 Å². The number of anilines is 2. The van der Waals surface area contributed by atoms with E-state index in [2.05, 4.69) is 25.6 Å². The van der Waals surface area contributed by atoms with Gasteiger partial charge in [-0.2, -0.15) is 15.0 Å². The average Bonchev–Trinajstić information content (AvgIpc) is 3.48. The number of aromatic nitrogens is 3. The standard InChI is InChI=1S/C8H6Cl2O3.C8H10O5.C7H12ClN5/c1-13-7-5(10)3-2-4(9)6(7)8(11)12;9-7(10)5-3-1-2-4(13-3)6(5)8(11)12;1-3-9-6-11-5(8)12-7(13-6)10-4-2/h2-3H,1H3,(H,11,12);3-6H,1-2H2,(H,9,10)(H,11,12);3-4H2,1-2H3,(H2,9,10,11,12,13). The van der Waals surface area contributed by atoms with Gasteiger partial charge in [-0.15, -0.1) is 0 Å². The summed E-state index contributed by atoms with van der Waals surface area (Å²) in [5, 5.41) is 32.9. The molecule has 214 valence electrons. The third-order valence-corrected chi connectivity index (χ3v) is 6.38. The first-order chi connectivity index (χ1) is 18.4. The molecule has 39 heavy (non-hydrogen) atoms. The van der Waals surface area contributed by atoms with Gasteiger partial charge in [0, 0.05) is 13.1 Å². The van der Waals surface area contributed by atoms with Crippen LogP contribution in [0.15, 0.2) is 12.1 Å². The van der Waals surface area contributed by atoms with E-state index in [1.807, 2.05) is 13.8 Å². The predicted octanol–water partition coefficient (Wildman–Crippen LogP) is 4.04. The van der Waals surface area contributed by atoms with Crippen LogP contribution in [0, 0.1) is 11.8 Å². The summed E-state index contributed by atoms with van der Waals surface area (Å²) in [6.07, 6.45) is 0.573. The highest BCUT2D eigenvalue weighted by Crippen LogP contribution is 2.43. The van der Waals surface area contributed by atoms with Crippen molar-refractivity contribution in [1.82, 2.24) is 15.0 Å². The molecule has 1 aromatic carbocycles. The van der Waals surface area contributed by atoms with Crippen LogP contribution >= 0.6 is 34.8 Å². The van der Waals surface area contributed by atoms with Gasteiger partial charge in [-0.3, -0.25) is 9.59 Å². The van der Waals surface area contributed by atoms with Crippen molar-refractivity contribution in [1.29, 1.82) is 0 Å². The Morgan fingerprint density at radius 2 is 1.36 bits per heavy atom. The van der Waals surface area contributed by atoms with Crippen molar-refractivity contribution < 1.29 is 39.2 Å². The summed E-state index contributed by atoms with van der Waals surface area (Å²) < 4.78 is 10.1. The Morgan fingerprint density at radius 1 is 0.897 bits per heavy atom. The highest BCUT2D eigenvalue weighted by atomic mass is 35.5. The molecule has 4 unspecified atom stereocenters. The molecular formula is C23H28Cl3N5O8. The number of aromatic carboxylic acids is 1. The highest BCUT2D eigenvalue weighted by molar-refractivity contribution is 6.37. The lowest BCUT2D eigenvalue weighted by Crippen LogP contribution is -2.38. The summed E-state index contributed by atoms with van der Waals surface area (Å²) in [6.45, 7) is 5.44. The normalized spacial score (nSPS) is 20.6. The second kappa shape index (κ2) is 14.9. The highest BCUT2D eigenvalue weighted by Gasteiger charge is 2.55. The van der Waals surface area contributed by atoms with Gasteiger partial charge in [0.15, 0.2) is 5.75 Å². The predicted molar refractivity (Wildman–Crippen MR) is 143 cm³/mol. The molecule has 5 N–H and O–H groups in total. The number of halogens is 3. The zero-order valence-electron chi connectivity index (χ0n) is 21.2. The molecule has 1 aromatic heterocycles. The van der Waals surface area contributed by atoms with Crippen LogP contribution in [0.1, 0.15) is 37.0 Å². The van der Waals surface area contributed by atoms with Crippen LogP contribution < -0.4 is 15.4 Å². The van der Waals surface area contributed by atoms with Gasteiger partial charge in [-0.05, 0) is 50.4 Å². The van der Waals surface area contributed by atoms with E-state index < -0.39 is 29.7 Å². The van der Waals surface area contributed by atoms with Gasteiger partial charge < -0.3 is 35.4 Å². The molecular weight excluding hydrogens is 581 g/mol. The van der Waals surface area contributed by atoms with Crippen molar-refractivity contribution in [3.63, 3.8) is 0 Å². The molecule has 2 saturated heterocycles. The van der Waals surface area contributed by atoms with Crippen molar-refractivity contribution >= 4 is 64.6 Å². The van der Waals surface area contributed by atoms with E-state index in [0.717, 1.165) is 13.1 Å². The third kappa shape index (κ3) is 8.43. The van der Waals surface area contributed by atoms with Gasteiger partial charge in [-0.1, -0.05) is 23.2 Å². The molecule has 0 saturated carbocycles. The molecule has 13 nitrogen and oxygen atoms in total. The second-order valence-corrected chi connectivity index (χ2v) is 9.23. The number of hydrogen-bond donors (Lipinski definition) is 5. The Balaban J connectivity index is 0.000000205. The fourth-order valence-corrected chi connectivity index (χ4v) is 4.69. The molecule has 4 atom stereocenters. The molecule has 2 fully saturated rings. The number of rotatable bonds is 8. The molecule has 2 aliphatic rings. The lowest BCUT2D eigenvalue weighted by Gasteiger charge is -2.20. The maximum absolute atomic E-state index is 10.8. The summed E-state index contributed by atoms with van der Waals surface area (Å²) in [7, 11) is 1.34. The van der Waals surface area contributed by atoms with E-state index in [0.29, 0.717) is 24.7 Å². The minimum atomic E-state index is -1.16. The van der Waals surface area contributed by atoms with Crippen LogP contribution in [0.25, 0.3) is 0 Å². The van der Waals surface area contributed by atoms with Crippen molar-refractivity contribution in [2.75, 3.05) is 30.8 Å². The number of nitrogens with one attached hydrogen (secondary N) is 2. The molecule has 0 spiro atoms. The molecule has 2 aromatic rings. The number of fused-ring (bicyclic) bond motifs is 2. The van der Waals surface area contributed by atoms with Crippen molar-refractivity contribution in [2.24, 2.45) is 11.8 Å². The van der Waals surface area contributed by atoms with Crippen LogP contribution in [-0.4, -0.2) is 80.6 Å². The minimum absolute atomic E-state index is 0.0849. The van der Waals surface area contributed by atoms with Crippen LogP contribution in [0.3, 0.4) is 0 Å². The number of carboxylic acid groups (broad SMARTS) is 3. The summed E-state index contributed by atoms with van der Waals surface area (Å²) >= 11 is 17.0. The quantitative estimate of drug-likeness (QED) is 0.288. The van der Waals surface area contributed by atoms with Gasteiger partial charge in [0.2, 0.25) is 17.2 Å². The molecule has 0 amide bonds. The first-order valence-corrected chi connectivity index (χ1v) is 12.8. The van der Waals surface area contributed by atoms with Crippen LogP contribution in [-0.2, 0) is 14.3 Å². The number of carbonyl (C=O) groups is 3. The van der Waals surface area contributed by atoms with Gasteiger partial charge in [0.05, 0.1) is 41.2 Å². The Bertz CT molecular complexity index is 1140. The number of carboxylic acids is 3. The zero-order valence-corrected chi connectivity index (χ0v) is 23.4. The fraction of sp³-hybridized carbons (Fsp3) is 0.478. The first kappa shape index (κ1) is 32.1. The van der Waals surface area contributed by atoms with Crippen LogP contribution in [0.2, 0.25) is 15.3 Å². The molecule has 3 heterocycles. The van der Waals surface area contributed by atoms with Crippen molar-refractivity contribution in [3.8, 4) is 5.75 Å². The fourth-order valence-electron chi connectivity index (χ4n) is 4.06. The Morgan fingerprint density at radius 3 is 1.72 bits per heavy atom. The number of ether oxygens (including phenoxy) is 2. The Hall–Kier alpha value is -3.13. The number of hydrogen-bond acceptors (Lipinski definition) is 10. The molecule has 0 aliphatic carbocycles. The van der Waals surface area contributed by atoms with Crippen LogP contribution in [0.4, 0.5) is 11.9 Å². The lowest BCUT2D eigenvalue weighted by atomic mass is 9.79. The third-order valence-electron chi connectivity index (χ3n) is 5.60. The molecule has 0 radical (unpaired) electrons. The Kier molecular flexibility index (Phi) is 12.2. The second-order valence-electron chi connectivity index (χ2n) is 8.07. The molecule has 2 bridgehead atoms. The molecule has 16 heteroatoms. The van der Waals surface area contributed by atoms with E-state index in [1.54, 1.807) is 0 Å². The number of benzene rings is 1. The maximum Gasteiger partial charge on any atom is 0.341 e. The number of methoxy groups -OCH3 is 1. The van der Waals surface area contributed by atoms with E-state index >= 15 is 0 Å². The summed E-state index contributed by atoms with van der Waals surface area (Å²) in [4.78, 5) is 44.1. The van der Waals surface area contributed by atoms with Gasteiger partial charge >= 0.3 is 17.9 Å². The molecule has 4 rings (SSSR count). The van der Waals surface area contributed by atoms with Crippen molar-refractivity contribution in [3.05, 3.63) is 33.0 Å². The van der Waals surface area contributed by atoms with E-state index in [4.69, 9.17) is 59.6 Å². The maximum atomic E-state index is 10.8. The van der Waals surface area contributed by atoms with Gasteiger partial charge in [-0.25, -0.2) is 4.79 Å². The number of aliphatic carboxylic acids is 2. The SMILES string of the molecule is CCNc1nc(Cl)nc(NCC)n1.COc1c(Cl)ccc(Cl)c1C(=O)O.O=C(O)C1C2CCC(O2)C1C(=O)O. The Labute approximate surface area is 238 Å². The van der Waals surface area contributed by atoms with Gasteiger partial charge in [0.25, 0.3) is 0 Å². The first-order valence-electron chi connectivity index (χ1n) is 11.7. The van der Waals surface area contributed by atoms with E-state index in [1.165, 1.54) is 19.2 Å². The summed E-state index contributed by atoms with van der Waals surface area (Å²) in [5.41, 5.74) is -0.114. The van der Waals surface area contributed by atoms with E-state index in [9.17, 15) is 14.4 Å². The minimum Gasteiger partial charge on any atom is -0.494 e. The number of nitrogens with zero attached hydrogens (tertiary/aromatic N) is 3. The van der Waals surface area contributed by atoms with E-state index in [-0.39, 0.29) is 38.8 Å². The summed E-state index contributed by atoms with van der Waals surface area (Å²) in [6, 6.07) is 2.89. The van der Waals surface area contributed by atoms with Crippen molar-refractivity contribution in [2.45, 2.75) is 38.9 Å². The van der Waals surface area contributed by atoms with Gasteiger partial charge in [0.1, 0.15) is 5.56 Å². The summed E-state index contributed by atoms with van der Waals surface area (Å²) in [5.74, 6) is -3.89. The largest absolute Gasteiger partial charge is 0.494 e. The zero-order chi connectivity index (χ0) is 29.3.